The summed E-state index contributed by atoms with van der Waals surface area (Å²) in [5.74, 6) is 1.79. The lowest BCUT2D eigenvalue weighted by Gasteiger charge is -2.11. The number of rotatable bonds is 6. The molecule has 0 saturated carbocycles. The maximum atomic E-state index is 5.17. The van der Waals surface area contributed by atoms with Gasteiger partial charge in [-0.05, 0) is 50.6 Å². The first kappa shape index (κ1) is 18.3. The van der Waals surface area contributed by atoms with Crippen LogP contribution in [0.1, 0.15) is 17.0 Å². The fourth-order valence-electron chi connectivity index (χ4n) is 2.29. The third kappa shape index (κ3) is 4.38. The minimum absolute atomic E-state index is 0.170. The zero-order valence-electron chi connectivity index (χ0n) is 15.9. The van der Waals surface area contributed by atoms with E-state index in [1.807, 2.05) is 45.0 Å². The molecule has 27 heavy (non-hydrogen) atoms. The van der Waals surface area contributed by atoms with Crippen molar-refractivity contribution in [1.82, 2.24) is 24.9 Å². The monoisotopic (exact) mass is 367 g/mol. The van der Waals surface area contributed by atoms with Crippen LogP contribution in [0.4, 0.5) is 23.5 Å². The van der Waals surface area contributed by atoms with Crippen LogP contribution in [0, 0.1) is 20.8 Å². The van der Waals surface area contributed by atoms with Gasteiger partial charge < -0.3 is 14.8 Å². The molecule has 2 aromatic heterocycles. The van der Waals surface area contributed by atoms with Crippen molar-refractivity contribution in [3.05, 3.63) is 41.2 Å². The summed E-state index contributed by atoms with van der Waals surface area (Å²) in [6, 6.07) is 7.57. The number of nitrogens with one attached hydrogen (secondary N) is 2. The van der Waals surface area contributed by atoms with Crippen LogP contribution in [-0.4, -0.2) is 39.1 Å². The van der Waals surface area contributed by atoms with E-state index in [9.17, 15) is 0 Å². The number of benzene rings is 1. The quantitative estimate of drug-likeness (QED) is 0.679. The highest BCUT2D eigenvalue weighted by molar-refractivity contribution is 5.56. The first-order chi connectivity index (χ1) is 13.0. The predicted octanol–water partition coefficient (Wildman–Crippen LogP) is 3.09. The minimum atomic E-state index is 0.170. The Morgan fingerprint density at radius 1 is 0.667 bits per heavy atom. The van der Waals surface area contributed by atoms with Crippen LogP contribution in [0.25, 0.3) is 0 Å². The minimum Gasteiger partial charge on any atom is -0.497 e. The molecule has 1 aromatic carbocycles. The summed E-state index contributed by atoms with van der Waals surface area (Å²) in [4.78, 5) is 21.6. The Kier molecular flexibility index (Phi) is 5.30. The third-order valence-corrected chi connectivity index (χ3v) is 4.00. The molecule has 0 saturated heterocycles. The van der Waals surface area contributed by atoms with E-state index in [0.717, 1.165) is 28.4 Å². The molecule has 0 aliphatic heterocycles. The molecular weight excluding hydrogens is 346 g/mol. The summed E-state index contributed by atoms with van der Waals surface area (Å²) in [7, 11) is 3.11. The zero-order chi connectivity index (χ0) is 19.4. The predicted molar refractivity (Wildman–Crippen MR) is 102 cm³/mol. The molecule has 0 atom stereocenters. The molecule has 2 heterocycles. The molecule has 2 N–H and O–H groups in total. The fraction of sp³-hybridized carbons (Fsp3) is 0.278. The molecule has 0 spiro atoms. The number of ether oxygens (including phenoxy) is 2. The average molecular weight is 367 g/mol. The van der Waals surface area contributed by atoms with Gasteiger partial charge in [0, 0.05) is 17.1 Å². The molecule has 0 aliphatic carbocycles. The molecule has 0 amide bonds. The van der Waals surface area contributed by atoms with Crippen molar-refractivity contribution in [3.63, 3.8) is 0 Å². The molecule has 9 nitrogen and oxygen atoms in total. The second kappa shape index (κ2) is 7.81. The van der Waals surface area contributed by atoms with Gasteiger partial charge in [0.15, 0.2) is 0 Å². The lowest BCUT2D eigenvalue weighted by Crippen LogP contribution is -2.08. The van der Waals surface area contributed by atoms with Crippen molar-refractivity contribution < 1.29 is 9.47 Å². The number of aryl methyl sites for hydroxylation is 2. The smallest absolute Gasteiger partial charge is 0.322 e. The number of nitrogens with zero attached hydrogens (tertiary/aromatic N) is 5. The van der Waals surface area contributed by atoms with Gasteiger partial charge >= 0.3 is 6.01 Å². The summed E-state index contributed by atoms with van der Waals surface area (Å²) in [6.45, 7) is 5.84. The average Bonchev–Trinajstić information content (AvgIpc) is 2.66. The van der Waals surface area contributed by atoms with Gasteiger partial charge in [0.2, 0.25) is 17.8 Å². The molecule has 0 radical (unpaired) electrons. The van der Waals surface area contributed by atoms with Gasteiger partial charge in [-0.1, -0.05) is 0 Å². The molecule has 0 bridgehead atoms. The third-order valence-electron chi connectivity index (χ3n) is 4.00. The summed E-state index contributed by atoms with van der Waals surface area (Å²) in [5, 5.41) is 6.12. The Morgan fingerprint density at radius 3 is 1.78 bits per heavy atom. The lowest BCUT2D eigenvalue weighted by atomic mass is 10.2. The van der Waals surface area contributed by atoms with E-state index in [2.05, 4.69) is 35.6 Å². The van der Waals surface area contributed by atoms with Crippen LogP contribution in [-0.2, 0) is 0 Å². The van der Waals surface area contributed by atoms with Crippen molar-refractivity contribution >= 4 is 23.5 Å². The van der Waals surface area contributed by atoms with Gasteiger partial charge in [0.05, 0.1) is 14.2 Å². The van der Waals surface area contributed by atoms with Crippen LogP contribution in [0.3, 0.4) is 0 Å². The molecule has 0 unspecified atom stereocenters. The van der Waals surface area contributed by atoms with E-state index in [0.29, 0.717) is 11.9 Å². The number of aromatic nitrogens is 5. The van der Waals surface area contributed by atoms with E-state index in [-0.39, 0.29) is 12.0 Å². The van der Waals surface area contributed by atoms with Crippen LogP contribution < -0.4 is 20.1 Å². The molecular formula is C18H21N7O2. The zero-order valence-corrected chi connectivity index (χ0v) is 15.9. The van der Waals surface area contributed by atoms with Crippen molar-refractivity contribution in [2.45, 2.75) is 20.8 Å². The molecule has 3 rings (SSSR count). The Balaban J connectivity index is 1.86. The van der Waals surface area contributed by atoms with E-state index < -0.39 is 0 Å². The first-order valence-corrected chi connectivity index (χ1v) is 8.28. The van der Waals surface area contributed by atoms with Gasteiger partial charge in [-0.2, -0.15) is 15.0 Å². The van der Waals surface area contributed by atoms with E-state index in [4.69, 9.17) is 9.47 Å². The van der Waals surface area contributed by atoms with Gasteiger partial charge in [-0.25, -0.2) is 9.97 Å². The maximum absolute atomic E-state index is 5.17. The molecule has 3 aromatic rings. The Hall–Kier alpha value is -3.49. The standard InChI is InChI=1S/C18H21N7O2/c1-10-11(2)19-15(20-12(10)3)22-17-23-16(24-18(25-17)27-5)21-13-6-8-14(26-4)9-7-13/h6-9H,1-5H3,(H2,19,20,21,22,23,24,25). The topological polar surface area (TPSA) is 107 Å². The first-order valence-electron chi connectivity index (χ1n) is 8.28. The summed E-state index contributed by atoms with van der Waals surface area (Å²) in [5.41, 5.74) is 3.63. The summed E-state index contributed by atoms with van der Waals surface area (Å²) < 4.78 is 10.3. The Morgan fingerprint density at radius 2 is 1.22 bits per heavy atom. The van der Waals surface area contributed by atoms with Crippen LogP contribution in [0.15, 0.2) is 24.3 Å². The SMILES string of the molecule is COc1ccc(Nc2nc(Nc3nc(C)c(C)c(C)n3)nc(OC)n2)cc1. The highest BCUT2D eigenvalue weighted by Gasteiger charge is 2.11. The molecule has 140 valence electrons. The molecule has 0 fully saturated rings. The van der Waals surface area contributed by atoms with E-state index in [1.165, 1.54) is 7.11 Å². The van der Waals surface area contributed by atoms with Gasteiger partial charge in [-0.3, -0.25) is 5.32 Å². The maximum Gasteiger partial charge on any atom is 0.322 e. The Bertz CT molecular complexity index is 922. The van der Waals surface area contributed by atoms with Crippen LogP contribution in [0.5, 0.6) is 11.8 Å². The van der Waals surface area contributed by atoms with Crippen molar-refractivity contribution in [2.24, 2.45) is 0 Å². The second-order valence-electron chi connectivity index (χ2n) is 5.79. The molecule has 0 aliphatic rings. The fourth-order valence-corrected chi connectivity index (χ4v) is 2.29. The summed E-state index contributed by atoms with van der Waals surface area (Å²) in [6.07, 6.45) is 0. The molecule has 9 heteroatoms. The van der Waals surface area contributed by atoms with Gasteiger partial charge in [0.25, 0.3) is 0 Å². The summed E-state index contributed by atoms with van der Waals surface area (Å²) >= 11 is 0. The highest BCUT2D eigenvalue weighted by atomic mass is 16.5. The van der Waals surface area contributed by atoms with E-state index >= 15 is 0 Å². The van der Waals surface area contributed by atoms with Crippen molar-refractivity contribution in [2.75, 3.05) is 24.9 Å². The van der Waals surface area contributed by atoms with Gasteiger partial charge in [-0.15, -0.1) is 0 Å². The number of anilines is 4. The van der Waals surface area contributed by atoms with Gasteiger partial charge in [0.1, 0.15) is 5.75 Å². The van der Waals surface area contributed by atoms with Crippen LogP contribution >= 0.6 is 0 Å². The number of hydrogen-bond acceptors (Lipinski definition) is 9. The number of methoxy groups -OCH3 is 2. The lowest BCUT2D eigenvalue weighted by molar-refractivity contribution is 0.380. The largest absolute Gasteiger partial charge is 0.497 e. The van der Waals surface area contributed by atoms with Crippen molar-refractivity contribution in [1.29, 1.82) is 0 Å². The highest BCUT2D eigenvalue weighted by Crippen LogP contribution is 2.21. The second-order valence-corrected chi connectivity index (χ2v) is 5.79. The number of hydrogen-bond donors (Lipinski definition) is 2. The normalized spacial score (nSPS) is 10.4. The van der Waals surface area contributed by atoms with E-state index in [1.54, 1.807) is 7.11 Å². The Labute approximate surface area is 157 Å². The van der Waals surface area contributed by atoms with Crippen molar-refractivity contribution in [3.8, 4) is 11.8 Å². The van der Waals surface area contributed by atoms with Crippen LogP contribution in [0.2, 0.25) is 0 Å².